The molecule has 1 aliphatic rings. The first kappa shape index (κ1) is 17.7. The third-order valence-corrected chi connectivity index (χ3v) is 5.59. The van der Waals surface area contributed by atoms with Gasteiger partial charge in [-0.25, -0.2) is 0 Å². The molecule has 134 valence electrons. The van der Waals surface area contributed by atoms with Gasteiger partial charge in [-0.2, -0.15) is 0 Å². The average molecular weight is 341 g/mol. The fraction of sp³-hybridized carbons (Fsp3) is 0.524. The Labute approximate surface area is 148 Å². The highest BCUT2D eigenvalue weighted by Gasteiger charge is 2.31. The number of carbonyl (C=O) groups is 2. The summed E-state index contributed by atoms with van der Waals surface area (Å²) in [6.45, 7) is 3.61. The van der Waals surface area contributed by atoms with Crippen LogP contribution in [0.25, 0.3) is 10.9 Å². The summed E-state index contributed by atoms with van der Waals surface area (Å²) in [5, 5.41) is 11.2. The first-order valence-electron chi connectivity index (χ1n) is 9.42. The lowest BCUT2D eigenvalue weighted by Gasteiger charge is -2.27. The quantitative estimate of drug-likeness (QED) is 0.762. The molecule has 1 aliphatic carbocycles. The van der Waals surface area contributed by atoms with Crippen molar-refractivity contribution in [2.45, 2.75) is 58.8 Å². The number of nitrogens with zero attached hydrogens (tertiary/aromatic N) is 1. The van der Waals surface area contributed by atoms with Gasteiger partial charge < -0.3 is 5.11 Å². The van der Waals surface area contributed by atoms with E-state index < -0.39 is 0 Å². The Kier molecular flexibility index (Phi) is 5.26. The van der Waals surface area contributed by atoms with E-state index in [-0.39, 0.29) is 23.5 Å². The number of aromatic nitrogens is 1. The molecule has 0 amide bonds. The second kappa shape index (κ2) is 7.42. The van der Waals surface area contributed by atoms with Gasteiger partial charge in [0.15, 0.2) is 5.78 Å². The van der Waals surface area contributed by atoms with Crippen molar-refractivity contribution in [2.24, 2.45) is 11.8 Å². The van der Waals surface area contributed by atoms with Crippen LogP contribution < -0.4 is 0 Å². The van der Waals surface area contributed by atoms with Crippen molar-refractivity contribution in [1.29, 1.82) is 0 Å². The largest absolute Gasteiger partial charge is 0.494 e. The van der Waals surface area contributed by atoms with E-state index in [0.29, 0.717) is 16.5 Å². The number of hydrogen-bond acceptors (Lipinski definition) is 3. The van der Waals surface area contributed by atoms with Crippen LogP contribution in [0.5, 0.6) is 5.88 Å². The van der Waals surface area contributed by atoms with Gasteiger partial charge in [-0.05, 0) is 37.7 Å². The third-order valence-electron chi connectivity index (χ3n) is 5.59. The van der Waals surface area contributed by atoms with Crippen molar-refractivity contribution in [3.05, 3.63) is 29.8 Å². The third kappa shape index (κ3) is 3.35. The number of ketones is 1. The smallest absolute Gasteiger partial charge is 0.230 e. The van der Waals surface area contributed by atoms with Gasteiger partial charge >= 0.3 is 0 Å². The van der Waals surface area contributed by atoms with Gasteiger partial charge in [0.2, 0.25) is 11.8 Å². The fourth-order valence-corrected chi connectivity index (χ4v) is 4.20. The SMILES string of the molecule is CCCCC1CCC(C(=O)c2c(O)n(C(C)=O)c3ccccc23)CC1. The summed E-state index contributed by atoms with van der Waals surface area (Å²) in [6.07, 6.45) is 7.67. The Morgan fingerprint density at radius 3 is 2.48 bits per heavy atom. The van der Waals surface area contributed by atoms with Crippen molar-refractivity contribution in [2.75, 3.05) is 0 Å². The predicted molar refractivity (Wildman–Crippen MR) is 99.2 cm³/mol. The van der Waals surface area contributed by atoms with Gasteiger partial charge in [-0.3, -0.25) is 14.2 Å². The van der Waals surface area contributed by atoms with E-state index in [4.69, 9.17) is 0 Å². The Balaban J connectivity index is 1.86. The van der Waals surface area contributed by atoms with Crippen LogP contribution in [0.3, 0.4) is 0 Å². The molecule has 0 saturated heterocycles. The normalized spacial score (nSPS) is 20.7. The van der Waals surface area contributed by atoms with Gasteiger partial charge in [0.25, 0.3) is 0 Å². The minimum atomic E-state index is -0.281. The Morgan fingerprint density at radius 2 is 1.84 bits per heavy atom. The van der Waals surface area contributed by atoms with Gasteiger partial charge in [0, 0.05) is 18.2 Å². The van der Waals surface area contributed by atoms with Crippen LogP contribution in [-0.2, 0) is 0 Å². The van der Waals surface area contributed by atoms with E-state index >= 15 is 0 Å². The van der Waals surface area contributed by atoms with Gasteiger partial charge in [-0.15, -0.1) is 0 Å². The van der Waals surface area contributed by atoms with Crippen molar-refractivity contribution in [1.82, 2.24) is 4.57 Å². The number of rotatable bonds is 5. The van der Waals surface area contributed by atoms with Crippen LogP contribution in [0, 0.1) is 11.8 Å². The molecule has 4 nitrogen and oxygen atoms in total. The average Bonchev–Trinajstić information content (AvgIpc) is 2.91. The number of carbonyl (C=O) groups excluding carboxylic acids is 2. The van der Waals surface area contributed by atoms with Crippen LogP contribution in [0.2, 0.25) is 0 Å². The summed E-state index contributed by atoms with van der Waals surface area (Å²) in [4.78, 5) is 25.0. The van der Waals surface area contributed by atoms with E-state index in [9.17, 15) is 14.7 Å². The zero-order chi connectivity index (χ0) is 18.0. The Morgan fingerprint density at radius 1 is 1.16 bits per heavy atom. The second-order valence-corrected chi connectivity index (χ2v) is 7.29. The van der Waals surface area contributed by atoms with Crippen molar-refractivity contribution in [3.8, 4) is 5.88 Å². The van der Waals surface area contributed by atoms with Gasteiger partial charge in [-0.1, -0.05) is 44.4 Å². The molecule has 0 spiro atoms. The van der Waals surface area contributed by atoms with Crippen molar-refractivity contribution < 1.29 is 14.7 Å². The van der Waals surface area contributed by atoms with Crippen LogP contribution in [-0.4, -0.2) is 21.4 Å². The van der Waals surface area contributed by atoms with Crippen molar-refractivity contribution >= 4 is 22.6 Å². The molecule has 1 saturated carbocycles. The molecule has 2 aromatic rings. The standard InChI is InChI=1S/C21H27NO3/c1-3-4-7-15-10-12-16(13-11-15)20(24)19-17-8-5-6-9-18(17)22(14(2)23)21(19)25/h5-6,8-9,15-16,25H,3-4,7,10-13H2,1-2H3. The summed E-state index contributed by atoms with van der Waals surface area (Å²) in [6, 6.07) is 7.24. The first-order chi connectivity index (χ1) is 12.0. The van der Waals surface area contributed by atoms with Gasteiger partial charge in [0.05, 0.1) is 11.1 Å². The molecular formula is C21H27NO3. The Bertz CT molecular complexity index is 782. The van der Waals surface area contributed by atoms with E-state index in [1.165, 1.54) is 30.8 Å². The maximum absolute atomic E-state index is 13.1. The highest BCUT2D eigenvalue weighted by atomic mass is 16.3. The topological polar surface area (TPSA) is 59.3 Å². The predicted octanol–water partition coefficient (Wildman–Crippen LogP) is 5.19. The van der Waals surface area contributed by atoms with E-state index in [1.54, 1.807) is 6.07 Å². The maximum atomic E-state index is 13.1. The molecule has 25 heavy (non-hydrogen) atoms. The fourth-order valence-electron chi connectivity index (χ4n) is 4.20. The number of para-hydroxylation sites is 1. The number of unbranched alkanes of at least 4 members (excludes halogenated alkanes) is 1. The van der Waals surface area contributed by atoms with E-state index in [0.717, 1.165) is 31.6 Å². The minimum Gasteiger partial charge on any atom is -0.494 e. The molecule has 1 N–H and O–H groups in total. The highest BCUT2D eigenvalue weighted by molar-refractivity contribution is 6.13. The van der Waals surface area contributed by atoms with Crippen LogP contribution in [0.4, 0.5) is 0 Å². The second-order valence-electron chi connectivity index (χ2n) is 7.29. The molecule has 1 heterocycles. The molecule has 1 aromatic carbocycles. The molecule has 0 radical (unpaired) electrons. The first-order valence-corrected chi connectivity index (χ1v) is 9.42. The lowest BCUT2D eigenvalue weighted by atomic mass is 9.77. The number of Topliss-reactive ketones (excluding diaryl/α,β-unsaturated/α-hetero) is 1. The number of benzene rings is 1. The molecule has 3 rings (SSSR count). The van der Waals surface area contributed by atoms with Crippen LogP contribution in [0.1, 0.15) is 73.9 Å². The number of hydrogen-bond donors (Lipinski definition) is 1. The summed E-state index contributed by atoms with van der Waals surface area (Å²) in [5.41, 5.74) is 0.926. The summed E-state index contributed by atoms with van der Waals surface area (Å²) < 4.78 is 1.25. The molecule has 1 aromatic heterocycles. The molecule has 0 aliphatic heterocycles. The molecule has 0 atom stereocenters. The van der Waals surface area contributed by atoms with Crippen molar-refractivity contribution in [3.63, 3.8) is 0 Å². The minimum absolute atomic E-state index is 0.0114. The van der Waals surface area contributed by atoms with Crippen LogP contribution in [0.15, 0.2) is 24.3 Å². The highest BCUT2D eigenvalue weighted by Crippen LogP contribution is 2.38. The van der Waals surface area contributed by atoms with Crippen LogP contribution >= 0.6 is 0 Å². The zero-order valence-electron chi connectivity index (χ0n) is 15.1. The monoisotopic (exact) mass is 341 g/mol. The zero-order valence-corrected chi connectivity index (χ0v) is 15.1. The number of aromatic hydroxyl groups is 1. The molecule has 0 bridgehead atoms. The van der Waals surface area contributed by atoms with E-state index in [1.807, 2.05) is 18.2 Å². The summed E-state index contributed by atoms with van der Waals surface area (Å²) in [5.74, 6) is 0.191. The molecular weight excluding hydrogens is 314 g/mol. The Hall–Kier alpha value is -2.10. The lowest BCUT2D eigenvalue weighted by molar-refractivity contribution is 0.0867. The molecule has 0 unspecified atom stereocenters. The summed E-state index contributed by atoms with van der Waals surface area (Å²) in [7, 11) is 0. The number of fused-ring (bicyclic) bond motifs is 1. The van der Waals surface area contributed by atoms with Gasteiger partial charge in [0.1, 0.15) is 0 Å². The maximum Gasteiger partial charge on any atom is 0.230 e. The molecule has 4 heteroatoms. The van der Waals surface area contributed by atoms with E-state index in [2.05, 4.69) is 6.92 Å². The lowest BCUT2D eigenvalue weighted by Crippen LogP contribution is -2.22. The molecule has 1 fully saturated rings. The summed E-state index contributed by atoms with van der Waals surface area (Å²) >= 11 is 0.